The van der Waals surface area contributed by atoms with Crippen LogP contribution in [0.1, 0.15) is 51.5 Å². The van der Waals surface area contributed by atoms with Crippen LogP contribution in [0.2, 0.25) is 0 Å². The van der Waals surface area contributed by atoms with E-state index in [-0.39, 0.29) is 5.91 Å². The van der Waals surface area contributed by atoms with Gasteiger partial charge in [-0.2, -0.15) is 0 Å². The van der Waals surface area contributed by atoms with Crippen molar-refractivity contribution in [3.8, 4) is 0 Å². The molecular formula is C18H28N2O. The van der Waals surface area contributed by atoms with Crippen LogP contribution in [-0.2, 0) is 11.2 Å². The van der Waals surface area contributed by atoms with Gasteiger partial charge in [-0.25, -0.2) is 0 Å². The van der Waals surface area contributed by atoms with Crippen molar-refractivity contribution < 1.29 is 4.79 Å². The molecule has 1 N–H and O–H groups in total. The Kier molecular flexibility index (Phi) is 6.09. The Balaban J connectivity index is 1.77. The molecule has 1 saturated heterocycles. The van der Waals surface area contributed by atoms with E-state index in [9.17, 15) is 4.79 Å². The number of nitrogens with zero attached hydrogens (tertiary/aromatic N) is 1. The van der Waals surface area contributed by atoms with E-state index in [2.05, 4.69) is 36.5 Å². The van der Waals surface area contributed by atoms with Gasteiger partial charge in [0, 0.05) is 31.7 Å². The first-order valence-corrected chi connectivity index (χ1v) is 8.30. The van der Waals surface area contributed by atoms with E-state index in [0.717, 1.165) is 25.9 Å². The van der Waals surface area contributed by atoms with Gasteiger partial charge in [0.1, 0.15) is 0 Å². The van der Waals surface area contributed by atoms with E-state index in [1.54, 1.807) is 6.92 Å². The van der Waals surface area contributed by atoms with E-state index in [1.807, 2.05) is 4.90 Å². The molecule has 116 valence electrons. The third kappa shape index (κ3) is 5.07. The van der Waals surface area contributed by atoms with E-state index >= 15 is 0 Å². The Morgan fingerprint density at radius 1 is 1.19 bits per heavy atom. The number of aryl methyl sites for hydroxylation is 1. The second-order valence-electron chi connectivity index (χ2n) is 6.08. The van der Waals surface area contributed by atoms with Gasteiger partial charge in [-0.1, -0.05) is 31.9 Å². The molecule has 1 aliphatic heterocycles. The highest BCUT2D eigenvalue weighted by Crippen LogP contribution is 2.18. The molecule has 0 aromatic heterocycles. The van der Waals surface area contributed by atoms with Crippen molar-refractivity contribution >= 4 is 11.6 Å². The maximum atomic E-state index is 11.3. The first-order chi connectivity index (χ1) is 10.2. The number of benzene rings is 1. The summed E-state index contributed by atoms with van der Waals surface area (Å²) in [4.78, 5) is 13.3. The number of amides is 1. The lowest BCUT2D eigenvalue weighted by atomic mass is 10.0. The molecule has 3 nitrogen and oxygen atoms in total. The van der Waals surface area contributed by atoms with Crippen LogP contribution in [0.4, 0.5) is 5.69 Å². The first-order valence-electron chi connectivity index (χ1n) is 8.30. The van der Waals surface area contributed by atoms with Gasteiger partial charge in [0.05, 0.1) is 0 Å². The van der Waals surface area contributed by atoms with E-state index in [4.69, 9.17) is 0 Å². The quantitative estimate of drug-likeness (QED) is 0.807. The van der Waals surface area contributed by atoms with E-state index < -0.39 is 0 Å². The first kappa shape index (κ1) is 15.9. The molecule has 1 heterocycles. The number of likely N-dealkylation sites (tertiary alicyclic amines) is 1. The predicted molar refractivity (Wildman–Crippen MR) is 88.6 cm³/mol. The Morgan fingerprint density at radius 2 is 1.86 bits per heavy atom. The Bertz CT molecular complexity index is 433. The fraction of sp³-hybridized carbons (Fsp3) is 0.611. The molecule has 1 fully saturated rings. The monoisotopic (exact) mass is 288 g/mol. The number of carbonyl (C=O) groups is 1. The van der Waals surface area contributed by atoms with Crippen LogP contribution in [0.3, 0.4) is 0 Å². The summed E-state index contributed by atoms with van der Waals surface area (Å²) in [6.07, 6.45) is 7.14. The summed E-state index contributed by atoms with van der Waals surface area (Å²) in [5.41, 5.74) is 2.64. The van der Waals surface area contributed by atoms with Gasteiger partial charge in [0.2, 0.25) is 5.91 Å². The molecule has 1 aromatic carbocycles. The molecule has 0 saturated carbocycles. The Hall–Kier alpha value is -1.51. The van der Waals surface area contributed by atoms with Crippen molar-refractivity contribution in [2.45, 2.75) is 58.4 Å². The number of hydrogen-bond donors (Lipinski definition) is 1. The largest absolute Gasteiger partial charge is 0.382 e. The fourth-order valence-electron chi connectivity index (χ4n) is 2.92. The van der Waals surface area contributed by atoms with E-state index in [0.29, 0.717) is 6.04 Å². The number of unbranched alkanes of at least 4 members (excludes halogenated alkanes) is 2. The molecule has 21 heavy (non-hydrogen) atoms. The highest BCUT2D eigenvalue weighted by atomic mass is 16.2. The summed E-state index contributed by atoms with van der Waals surface area (Å²) in [6, 6.07) is 9.36. The molecule has 1 aliphatic rings. The average Bonchev–Trinajstić information content (AvgIpc) is 2.50. The highest BCUT2D eigenvalue weighted by molar-refractivity contribution is 5.73. The van der Waals surface area contributed by atoms with Crippen LogP contribution in [0.15, 0.2) is 24.3 Å². The molecule has 1 aromatic rings. The summed E-state index contributed by atoms with van der Waals surface area (Å²) in [6.45, 7) is 5.65. The number of carbonyl (C=O) groups excluding carboxylic acids is 1. The van der Waals surface area contributed by atoms with Crippen LogP contribution in [0.25, 0.3) is 0 Å². The van der Waals surface area contributed by atoms with Gasteiger partial charge < -0.3 is 10.2 Å². The average molecular weight is 288 g/mol. The lowest BCUT2D eigenvalue weighted by molar-refractivity contribution is -0.129. The fourth-order valence-corrected chi connectivity index (χ4v) is 2.92. The summed E-state index contributed by atoms with van der Waals surface area (Å²) < 4.78 is 0. The molecule has 0 unspecified atom stereocenters. The summed E-state index contributed by atoms with van der Waals surface area (Å²) in [7, 11) is 0. The smallest absolute Gasteiger partial charge is 0.219 e. The Morgan fingerprint density at radius 3 is 2.43 bits per heavy atom. The zero-order valence-corrected chi connectivity index (χ0v) is 13.4. The topological polar surface area (TPSA) is 32.3 Å². The molecular weight excluding hydrogens is 260 g/mol. The second-order valence-corrected chi connectivity index (χ2v) is 6.08. The Labute approximate surface area is 128 Å². The second kappa shape index (κ2) is 8.06. The van der Waals surface area contributed by atoms with Crippen LogP contribution >= 0.6 is 0 Å². The summed E-state index contributed by atoms with van der Waals surface area (Å²) >= 11 is 0. The van der Waals surface area contributed by atoms with Crippen LogP contribution in [-0.4, -0.2) is 29.9 Å². The van der Waals surface area contributed by atoms with Crippen molar-refractivity contribution in [3.05, 3.63) is 29.8 Å². The molecule has 0 aliphatic carbocycles. The molecule has 3 heteroatoms. The number of anilines is 1. The van der Waals surface area contributed by atoms with Crippen molar-refractivity contribution in [2.24, 2.45) is 0 Å². The lowest BCUT2D eigenvalue weighted by Gasteiger charge is -2.32. The number of piperidine rings is 1. The third-order valence-corrected chi connectivity index (χ3v) is 4.33. The summed E-state index contributed by atoms with van der Waals surface area (Å²) in [5.74, 6) is 0.199. The highest BCUT2D eigenvalue weighted by Gasteiger charge is 2.20. The van der Waals surface area contributed by atoms with Crippen molar-refractivity contribution in [1.29, 1.82) is 0 Å². The SMILES string of the molecule is CCCCCc1ccc(NC2CCN(C(C)=O)CC2)cc1. The van der Waals surface area contributed by atoms with Gasteiger partial charge in [-0.05, 0) is 43.4 Å². The molecule has 2 rings (SSSR count). The molecule has 0 bridgehead atoms. The van der Waals surface area contributed by atoms with Crippen LogP contribution in [0.5, 0.6) is 0 Å². The zero-order chi connectivity index (χ0) is 15.1. The maximum absolute atomic E-state index is 11.3. The van der Waals surface area contributed by atoms with Gasteiger partial charge in [-0.3, -0.25) is 4.79 Å². The van der Waals surface area contributed by atoms with Gasteiger partial charge >= 0.3 is 0 Å². The normalized spacial score (nSPS) is 16.0. The molecule has 0 spiro atoms. The van der Waals surface area contributed by atoms with Crippen molar-refractivity contribution in [2.75, 3.05) is 18.4 Å². The lowest BCUT2D eigenvalue weighted by Crippen LogP contribution is -2.41. The van der Waals surface area contributed by atoms with Gasteiger partial charge in [0.15, 0.2) is 0 Å². The number of nitrogens with one attached hydrogen (secondary N) is 1. The molecule has 0 radical (unpaired) electrons. The third-order valence-electron chi connectivity index (χ3n) is 4.33. The number of hydrogen-bond acceptors (Lipinski definition) is 2. The maximum Gasteiger partial charge on any atom is 0.219 e. The minimum Gasteiger partial charge on any atom is -0.382 e. The zero-order valence-electron chi connectivity index (χ0n) is 13.4. The van der Waals surface area contributed by atoms with Crippen LogP contribution < -0.4 is 5.32 Å². The van der Waals surface area contributed by atoms with Crippen molar-refractivity contribution in [1.82, 2.24) is 4.90 Å². The molecule has 1 amide bonds. The number of rotatable bonds is 6. The van der Waals surface area contributed by atoms with Crippen molar-refractivity contribution in [3.63, 3.8) is 0 Å². The van der Waals surface area contributed by atoms with E-state index in [1.165, 1.54) is 36.9 Å². The molecule has 0 atom stereocenters. The van der Waals surface area contributed by atoms with Gasteiger partial charge in [0.25, 0.3) is 0 Å². The van der Waals surface area contributed by atoms with Crippen LogP contribution in [0, 0.1) is 0 Å². The minimum absolute atomic E-state index is 0.199. The predicted octanol–water partition coefficient (Wildman–Crippen LogP) is 3.84. The van der Waals surface area contributed by atoms with Gasteiger partial charge in [-0.15, -0.1) is 0 Å². The summed E-state index contributed by atoms with van der Waals surface area (Å²) in [5, 5.41) is 3.60. The minimum atomic E-state index is 0.199. The standard InChI is InChI=1S/C18H28N2O/c1-3-4-5-6-16-7-9-17(10-8-16)19-18-11-13-20(14-12-18)15(2)21/h7-10,18-19H,3-6,11-14H2,1-2H3.